The van der Waals surface area contributed by atoms with Crippen LogP contribution in [0.3, 0.4) is 0 Å². The number of thioether (sulfide) groups is 1. The maximum absolute atomic E-state index is 5.74. The predicted octanol–water partition coefficient (Wildman–Crippen LogP) is 4.09. The Morgan fingerprint density at radius 2 is 2.07 bits per heavy atom. The first-order chi connectivity index (χ1) is 6.84. The highest BCUT2D eigenvalue weighted by Gasteiger charge is 2.00. The molecule has 14 heavy (non-hydrogen) atoms. The first kappa shape index (κ1) is 10.0. The molecule has 0 amide bonds. The fourth-order valence-corrected chi connectivity index (χ4v) is 2.72. The van der Waals surface area contributed by atoms with Gasteiger partial charge in [-0.3, -0.25) is 0 Å². The highest BCUT2D eigenvalue weighted by atomic mass is 35.5. The fraction of sp³-hybridized carbons (Fsp3) is 0.100. The summed E-state index contributed by atoms with van der Waals surface area (Å²) in [4.78, 5) is 5.45. The molecule has 0 aliphatic carbocycles. The summed E-state index contributed by atoms with van der Waals surface area (Å²) < 4.78 is 0.619. The lowest BCUT2D eigenvalue weighted by Crippen LogP contribution is -1.79. The van der Waals surface area contributed by atoms with E-state index in [9.17, 15) is 0 Å². The Balaban J connectivity index is 1.95. The van der Waals surface area contributed by atoms with Crippen LogP contribution in [0.5, 0.6) is 0 Å². The van der Waals surface area contributed by atoms with Gasteiger partial charge >= 0.3 is 0 Å². The molecule has 0 aliphatic heterocycles. The lowest BCUT2D eigenvalue weighted by atomic mass is 10.4. The van der Waals surface area contributed by atoms with E-state index in [4.69, 9.17) is 11.6 Å². The van der Waals surface area contributed by atoms with E-state index in [2.05, 4.69) is 17.1 Å². The molecule has 0 atom stereocenters. The van der Waals surface area contributed by atoms with Gasteiger partial charge in [-0.05, 0) is 12.1 Å². The van der Waals surface area contributed by atoms with Gasteiger partial charge in [0.25, 0.3) is 0 Å². The Labute approximate surface area is 96.1 Å². The average molecular weight is 242 g/mol. The lowest BCUT2D eigenvalue weighted by molar-refractivity contribution is 1.23. The summed E-state index contributed by atoms with van der Waals surface area (Å²) in [5.74, 6) is 0.882. The van der Waals surface area contributed by atoms with Crippen molar-refractivity contribution in [3.63, 3.8) is 0 Å². The summed E-state index contributed by atoms with van der Waals surface area (Å²) in [7, 11) is 0. The molecule has 0 spiro atoms. The van der Waals surface area contributed by atoms with Crippen LogP contribution in [0.15, 0.2) is 40.6 Å². The van der Waals surface area contributed by atoms with Crippen LogP contribution in [0, 0.1) is 0 Å². The molecule has 0 saturated carbocycles. The van der Waals surface area contributed by atoms with E-state index in [0.717, 1.165) is 11.4 Å². The Morgan fingerprint density at radius 1 is 1.29 bits per heavy atom. The van der Waals surface area contributed by atoms with E-state index in [0.29, 0.717) is 4.47 Å². The normalized spacial score (nSPS) is 10.4. The van der Waals surface area contributed by atoms with Crippen molar-refractivity contribution in [1.82, 2.24) is 4.98 Å². The second-order valence-electron chi connectivity index (χ2n) is 2.69. The highest BCUT2D eigenvalue weighted by Crippen LogP contribution is 2.24. The molecule has 72 valence electrons. The van der Waals surface area contributed by atoms with E-state index in [1.54, 1.807) is 11.8 Å². The third kappa shape index (κ3) is 2.74. The lowest BCUT2D eigenvalue weighted by Gasteiger charge is -1.97. The second-order valence-corrected chi connectivity index (χ2v) is 5.18. The number of thiazole rings is 1. The monoisotopic (exact) mass is 241 g/mol. The Kier molecular flexibility index (Phi) is 3.45. The van der Waals surface area contributed by atoms with Crippen molar-refractivity contribution >= 4 is 34.7 Å². The standard InChI is InChI=1S/C10H8ClNS2/c11-10-12-8(7-14-10)6-13-9-4-2-1-3-5-9/h1-5,7H,6H2. The number of aromatic nitrogens is 1. The van der Waals surface area contributed by atoms with Gasteiger partial charge < -0.3 is 0 Å². The van der Waals surface area contributed by atoms with E-state index >= 15 is 0 Å². The Hall–Kier alpha value is -0.510. The van der Waals surface area contributed by atoms with Crippen molar-refractivity contribution in [1.29, 1.82) is 0 Å². The molecule has 0 saturated heterocycles. The van der Waals surface area contributed by atoms with Gasteiger partial charge in [0.05, 0.1) is 5.69 Å². The zero-order valence-corrected chi connectivity index (χ0v) is 9.70. The molecule has 2 aromatic rings. The van der Waals surface area contributed by atoms with Gasteiger partial charge in [0, 0.05) is 16.0 Å². The van der Waals surface area contributed by atoms with Gasteiger partial charge in [-0.1, -0.05) is 29.8 Å². The molecule has 0 fully saturated rings. The van der Waals surface area contributed by atoms with E-state index in [1.807, 2.05) is 23.6 Å². The van der Waals surface area contributed by atoms with Gasteiger partial charge in [-0.15, -0.1) is 23.1 Å². The first-order valence-electron chi connectivity index (χ1n) is 4.12. The van der Waals surface area contributed by atoms with E-state index < -0.39 is 0 Å². The minimum absolute atomic E-state index is 0.619. The van der Waals surface area contributed by atoms with Gasteiger partial charge in [-0.25, -0.2) is 4.98 Å². The van der Waals surface area contributed by atoms with Crippen LogP contribution in [0.2, 0.25) is 4.47 Å². The molecule has 4 heteroatoms. The maximum atomic E-state index is 5.74. The van der Waals surface area contributed by atoms with Crippen LogP contribution in [0.4, 0.5) is 0 Å². The number of halogens is 1. The molecule has 1 aromatic carbocycles. The zero-order chi connectivity index (χ0) is 9.80. The van der Waals surface area contributed by atoms with Gasteiger partial charge in [0.15, 0.2) is 4.47 Å². The van der Waals surface area contributed by atoms with Crippen molar-refractivity contribution in [2.75, 3.05) is 0 Å². The average Bonchev–Trinajstić information content (AvgIpc) is 2.63. The number of benzene rings is 1. The molecule has 1 heterocycles. The van der Waals surface area contributed by atoms with Crippen molar-refractivity contribution in [2.45, 2.75) is 10.6 Å². The Bertz CT molecular complexity index is 400. The zero-order valence-electron chi connectivity index (χ0n) is 7.31. The van der Waals surface area contributed by atoms with Crippen molar-refractivity contribution in [3.05, 3.63) is 45.9 Å². The van der Waals surface area contributed by atoms with Crippen LogP contribution in [-0.4, -0.2) is 4.98 Å². The quantitative estimate of drug-likeness (QED) is 0.751. The predicted molar refractivity (Wildman–Crippen MR) is 63.1 cm³/mol. The minimum Gasteiger partial charge on any atom is -0.229 e. The molecule has 0 bridgehead atoms. The number of nitrogens with zero attached hydrogens (tertiary/aromatic N) is 1. The van der Waals surface area contributed by atoms with E-state index in [1.165, 1.54) is 16.2 Å². The van der Waals surface area contributed by atoms with Crippen LogP contribution in [-0.2, 0) is 5.75 Å². The number of hydrogen-bond acceptors (Lipinski definition) is 3. The smallest absolute Gasteiger partial charge is 0.183 e. The van der Waals surface area contributed by atoms with Crippen LogP contribution >= 0.6 is 34.7 Å². The molecular formula is C10H8ClNS2. The van der Waals surface area contributed by atoms with Crippen LogP contribution < -0.4 is 0 Å². The molecule has 0 N–H and O–H groups in total. The number of rotatable bonds is 3. The molecular weight excluding hydrogens is 234 g/mol. The maximum Gasteiger partial charge on any atom is 0.183 e. The summed E-state index contributed by atoms with van der Waals surface area (Å²) in [5.41, 5.74) is 1.05. The van der Waals surface area contributed by atoms with Crippen LogP contribution in [0.1, 0.15) is 5.69 Å². The molecule has 2 rings (SSSR count). The summed E-state index contributed by atoms with van der Waals surface area (Å²) >= 11 is 8.99. The van der Waals surface area contributed by atoms with Gasteiger partial charge in [-0.2, -0.15) is 0 Å². The third-order valence-electron chi connectivity index (χ3n) is 1.65. The SMILES string of the molecule is Clc1nc(CSc2ccccc2)cs1. The third-order valence-corrected chi connectivity index (χ3v) is 3.73. The van der Waals surface area contributed by atoms with Gasteiger partial charge in [0.2, 0.25) is 0 Å². The summed E-state index contributed by atoms with van der Waals surface area (Å²) in [6.07, 6.45) is 0. The fourth-order valence-electron chi connectivity index (χ4n) is 1.02. The molecule has 0 aliphatic rings. The van der Waals surface area contributed by atoms with Crippen LogP contribution in [0.25, 0.3) is 0 Å². The summed E-state index contributed by atoms with van der Waals surface area (Å²) in [5, 5.41) is 2.00. The summed E-state index contributed by atoms with van der Waals surface area (Å²) in [6.45, 7) is 0. The molecule has 0 unspecified atom stereocenters. The van der Waals surface area contributed by atoms with Gasteiger partial charge in [0.1, 0.15) is 0 Å². The largest absolute Gasteiger partial charge is 0.229 e. The van der Waals surface area contributed by atoms with Crippen molar-refractivity contribution in [3.8, 4) is 0 Å². The highest BCUT2D eigenvalue weighted by molar-refractivity contribution is 7.98. The Morgan fingerprint density at radius 3 is 2.71 bits per heavy atom. The molecule has 0 radical (unpaired) electrons. The topological polar surface area (TPSA) is 12.9 Å². The first-order valence-corrected chi connectivity index (χ1v) is 6.36. The number of hydrogen-bond donors (Lipinski definition) is 0. The minimum atomic E-state index is 0.619. The van der Waals surface area contributed by atoms with E-state index in [-0.39, 0.29) is 0 Å². The molecule has 1 nitrogen and oxygen atoms in total. The molecule has 1 aromatic heterocycles. The second kappa shape index (κ2) is 4.82. The summed E-state index contributed by atoms with van der Waals surface area (Å²) in [6, 6.07) is 10.3. The van der Waals surface area contributed by atoms with Crippen molar-refractivity contribution < 1.29 is 0 Å². The van der Waals surface area contributed by atoms with Crippen molar-refractivity contribution in [2.24, 2.45) is 0 Å².